The Balaban J connectivity index is 1.57. The van der Waals surface area contributed by atoms with Crippen LogP contribution in [0.25, 0.3) is 5.76 Å². The summed E-state index contributed by atoms with van der Waals surface area (Å²) < 4.78 is 17.9. The largest absolute Gasteiger partial charge is 0.507 e. The average molecular weight is 644 g/mol. The number of ketones is 1. The second-order valence-electron chi connectivity index (χ2n) is 9.91. The second kappa shape index (κ2) is 14.9. The summed E-state index contributed by atoms with van der Waals surface area (Å²) in [6.45, 7) is 8.74. The molecule has 1 saturated heterocycles. The topological polar surface area (TPSA) is 111 Å². The predicted molar refractivity (Wildman–Crippen MR) is 176 cm³/mol. The van der Waals surface area contributed by atoms with Gasteiger partial charge in [0.1, 0.15) is 18.1 Å². The van der Waals surface area contributed by atoms with Gasteiger partial charge in [0.05, 0.1) is 24.8 Å². The number of anilines is 1. The molecule has 2 heterocycles. The summed E-state index contributed by atoms with van der Waals surface area (Å²) in [5.74, 6) is 0.256. The first-order valence-corrected chi connectivity index (χ1v) is 16.3. The molecule has 1 aliphatic heterocycles. The number of aromatic nitrogens is 2. The van der Waals surface area contributed by atoms with E-state index in [2.05, 4.69) is 16.8 Å². The number of benzene rings is 3. The fraction of sp³-hybridized carbons (Fsp3) is 0.235. The Morgan fingerprint density at radius 3 is 2.49 bits per heavy atom. The smallest absolute Gasteiger partial charge is 0.301 e. The maximum absolute atomic E-state index is 13.7. The number of aliphatic hydroxyl groups is 1. The van der Waals surface area contributed by atoms with Gasteiger partial charge < -0.3 is 19.3 Å². The van der Waals surface area contributed by atoms with E-state index in [1.54, 1.807) is 48.5 Å². The lowest BCUT2D eigenvalue weighted by molar-refractivity contribution is -0.132. The van der Waals surface area contributed by atoms with Gasteiger partial charge in [-0.3, -0.25) is 14.5 Å². The van der Waals surface area contributed by atoms with Gasteiger partial charge in [0.25, 0.3) is 5.78 Å². The standard InChI is InChI=1S/C34H33N3O6S2/c1-4-18-42-25-15-12-23(13-16-25)30(38)28-29(24-14-17-26(43-19-5-2)27(20-24)41-6-3)37(32(40)31(28)39)33-35-36-34(45-33)44-21-22-10-8-7-9-11-22/h5,7-17,20,29,38H,2,4,6,18-19,21H2,1,3H3/b30-28+. The van der Waals surface area contributed by atoms with Crippen LogP contribution in [0.2, 0.25) is 0 Å². The van der Waals surface area contributed by atoms with Gasteiger partial charge in [0.2, 0.25) is 5.13 Å². The van der Waals surface area contributed by atoms with Crippen molar-refractivity contribution >= 4 is 45.7 Å². The quantitative estimate of drug-likeness (QED) is 0.0381. The van der Waals surface area contributed by atoms with E-state index in [9.17, 15) is 14.7 Å². The van der Waals surface area contributed by atoms with Crippen LogP contribution in [0.3, 0.4) is 0 Å². The van der Waals surface area contributed by atoms with E-state index >= 15 is 0 Å². The number of ether oxygens (including phenoxy) is 3. The fourth-order valence-electron chi connectivity index (χ4n) is 4.74. The second-order valence-corrected chi connectivity index (χ2v) is 12.1. The third-order valence-corrected chi connectivity index (χ3v) is 8.92. The van der Waals surface area contributed by atoms with E-state index in [1.165, 1.54) is 28.0 Å². The molecule has 1 unspecified atom stereocenters. The van der Waals surface area contributed by atoms with Crippen LogP contribution >= 0.6 is 23.1 Å². The van der Waals surface area contributed by atoms with E-state index in [0.29, 0.717) is 51.7 Å². The molecule has 0 spiro atoms. The van der Waals surface area contributed by atoms with Gasteiger partial charge in [-0.1, -0.05) is 79.1 Å². The first-order chi connectivity index (χ1) is 21.9. The van der Waals surface area contributed by atoms with Crippen LogP contribution in [-0.4, -0.2) is 46.8 Å². The molecule has 9 nitrogen and oxygen atoms in total. The van der Waals surface area contributed by atoms with Gasteiger partial charge in [-0.2, -0.15) is 0 Å². The van der Waals surface area contributed by atoms with Crippen molar-refractivity contribution in [3.63, 3.8) is 0 Å². The SMILES string of the molecule is C=CCOc1ccc(C2/C(=C(\O)c3ccc(OCCC)cc3)C(=O)C(=O)N2c2nnc(SCc3ccccc3)s2)cc1OCC. The van der Waals surface area contributed by atoms with Gasteiger partial charge in [-0.15, -0.1) is 10.2 Å². The highest BCUT2D eigenvalue weighted by atomic mass is 32.2. The number of thioether (sulfide) groups is 1. The predicted octanol–water partition coefficient (Wildman–Crippen LogP) is 7.21. The Hall–Kier alpha value is -4.61. The molecule has 1 aromatic heterocycles. The maximum Gasteiger partial charge on any atom is 0.301 e. The number of rotatable bonds is 14. The lowest BCUT2D eigenvalue weighted by Gasteiger charge is -2.23. The minimum atomic E-state index is -1.01. The molecule has 1 atom stereocenters. The zero-order valence-corrected chi connectivity index (χ0v) is 26.6. The number of Topliss-reactive ketones (excluding diaryl/α,β-unsaturated/α-hetero) is 1. The first kappa shape index (κ1) is 31.8. The van der Waals surface area contributed by atoms with Crippen molar-refractivity contribution < 1.29 is 28.9 Å². The van der Waals surface area contributed by atoms with E-state index in [1.807, 2.05) is 44.2 Å². The Labute approximate surface area is 270 Å². The number of amides is 1. The van der Waals surface area contributed by atoms with Crippen LogP contribution in [0.1, 0.15) is 43.0 Å². The molecule has 0 bridgehead atoms. The summed E-state index contributed by atoms with van der Waals surface area (Å²) in [7, 11) is 0. The summed E-state index contributed by atoms with van der Waals surface area (Å²) in [6.07, 6.45) is 2.48. The Kier molecular flexibility index (Phi) is 10.5. The molecule has 1 amide bonds. The van der Waals surface area contributed by atoms with Crippen molar-refractivity contribution in [3.05, 3.63) is 108 Å². The van der Waals surface area contributed by atoms with Crippen molar-refractivity contribution in [2.24, 2.45) is 0 Å². The van der Waals surface area contributed by atoms with Crippen LogP contribution in [-0.2, 0) is 15.3 Å². The van der Waals surface area contributed by atoms with Gasteiger partial charge in [-0.25, -0.2) is 0 Å². The monoisotopic (exact) mass is 643 g/mol. The zero-order valence-electron chi connectivity index (χ0n) is 25.0. The lowest BCUT2D eigenvalue weighted by atomic mass is 9.95. The minimum Gasteiger partial charge on any atom is -0.507 e. The molecular formula is C34H33N3O6S2. The van der Waals surface area contributed by atoms with Gasteiger partial charge in [0, 0.05) is 11.3 Å². The highest BCUT2D eigenvalue weighted by Gasteiger charge is 2.48. The van der Waals surface area contributed by atoms with Crippen molar-refractivity contribution in [2.45, 2.75) is 36.4 Å². The molecule has 232 valence electrons. The molecule has 3 aromatic carbocycles. The summed E-state index contributed by atoms with van der Waals surface area (Å²) >= 11 is 2.69. The number of carbonyl (C=O) groups is 2. The van der Waals surface area contributed by atoms with E-state index in [4.69, 9.17) is 14.2 Å². The van der Waals surface area contributed by atoms with Crippen molar-refractivity contribution in [3.8, 4) is 17.2 Å². The van der Waals surface area contributed by atoms with Crippen molar-refractivity contribution in [1.29, 1.82) is 0 Å². The van der Waals surface area contributed by atoms with Gasteiger partial charge in [0.15, 0.2) is 15.8 Å². The highest BCUT2D eigenvalue weighted by molar-refractivity contribution is 8.00. The third kappa shape index (κ3) is 7.21. The first-order valence-electron chi connectivity index (χ1n) is 14.5. The number of hydrogen-bond acceptors (Lipinski definition) is 10. The number of nitrogens with zero attached hydrogens (tertiary/aromatic N) is 3. The maximum atomic E-state index is 13.7. The normalized spacial score (nSPS) is 15.7. The summed E-state index contributed by atoms with van der Waals surface area (Å²) in [5, 5.41) is 20.4. The Morgan fingerprint density at radius 1 is 1.00 bits per heavy atom. The molecule has 0 radical (unpaired) electrons. The molecule has 11 heteroatoms. The molecule has 1 aliphatic rings. The molecule has 0 saturated carbocycles. The van der Waals surface area contributed by atoms with Crippen LogP contribution in [0.15, 0.2) is 95.4 Å². The van der Waals surface area contributed by atoms with Gasteiger partial charge >= 0.3 is 5.91 Å². The Bertz CT molecular complexity index is 1690. The third-order valence-electron chi connectivity index (χ3n) is 6.79. The fourth-order valence-corrected chi connectivity index (χ4v) is 6.56. The van der Waals surface area contributed by atoms with Gasteiger partial charge in [-0.05, 0) is 60.9 Å². The highest BCUT2D eigenvalue weighted by Crippen LogP contribution is 2.45. The molecule has 4 aromatic rings. The van der Waals surface area contributed by atoms with E-state index in [0.717, 1.165) is 12.0 Å². The number of aliphatic hydroxyl groups excluding tert-OH is 1. The van der Waals surface area contributed by atoms with Crippen LogP contribution in [0, 0.1) is 0 Å². The molecule has 0 aliphatic carbocycles. The van der Waals surface area contributed by atoms with Crippen molar-refractivity contribution in [2.75, 3.05) is 24.7 Å². The average Bonchev–Trinajstić information content (AvgIpc) is 3.64. The van der Waals surface area contributed by atoms with Crippen molar-refractivity contribution in [1.82, 2.24) is 10.2 Å². The van der Waals surface area contributed by atoms with Crippen LogP contribution < -0.4 is 19.1 Å². The summed E-state index contributed by atoms with van der Waals surface area (Å²) in [4.78, 5) is 28.7. The van der Waals surface area contributed by atoms with E-state index in [-0.39, 0.29) is 23.1 Å². The molecule has 45 heavy (non-hydrogen) atoms. The Morgan fingerprint density at radius 2 is 1.78 bits per heavy atom. The molecule has 5 rings (SSSR count). The zero-order chi connectivity index (χ0) is 31.8. The van der Waals surface area contributed by atoms with E-state index < -0.39 is 17.7 Å². The molecule has 1 N–H and O–H groups in total. The summed E-state index contributed by atoms with van der Waals surface area (Å²) in [6, 6.07) is 20.9. The van der Waals surface area contributed by atoms with Crippen LogP contribution in [0.5, 0.6) is 17.2 Å². The lowest BCUT2D eigenvalue weighted by Crippen LogP contribution is -2.29. The summed E-state index contributed by atoms with van der Waals surface area (Å²) in [5.41, 5.74) is 1.95. The minimum absolute atomic E-state index is 0.0712. The molecular weight excluding hydrogens is 611 g/mol. The number of hydrogen-bond donors (Lipinski definition) is 1. The molecule has 1 fully saturated rings. The number of carbonyl (C=O) groups excluding carboxylic acids is 2. The van der Waals surface area contributed by atoms with Crippen LogP contribution in [0.4, 0.5) is 5.13 Å².